The molecule has 4 unspecified atom stereocenters. The number of ether oxygens (including phenoxy) is 1. The molecular weight excluding hydrogens is 268 g/mol. The summed E-state index contributed by atoms with van der Waals surface area (Å²) in [4.78, 5) is 12.4. The summed E-state index contributed by atoms with van der Waals surface area (Å²) in [6, 6.07) is 0.0215. The Morgan fingerprint density at radius 2 is 2.10 bits per heavy atom. The molecule has 1 spiro atoms. The zero-order chi connectivity index (χ0) is 14.9. The van der Waals surface area contributed by atoms with E-state index in [0.29, 0.717) is 19.1 Å². The van der Waals surface area contributed by atoms with E-state index in [1.165, 1.54) is 32.1 Å². The Morgan fingerprint density at radius 1 is 1.33 bits per heavy atom. The molecule has 120 valence electrons. The molecule has 0 radical (unpaired) electrons. The number of β-amino-alcohol motifs (C(OH)–C–C–N with tert-alkyl or cyclic N) is 1. The minimum atomic E-state index is -0.387. The third-order valence-electron chi connectivity index (χ3n) is 5.68. The number of rotatable bonds is 4. The van der Waals surface area contributed by atoms with E-state index < -0.39 is 0 Å². The first-order valence-corrected chi connectivity index (χ1v) is 8.49. The molecule has 0 aromatic rings. The van der Waals surface area contributed by atoms with Gasteiger partial charge in [-0.25, -0.2) is 0 Å². The zero-order valence-corrected chi connectivity index (χ0v) is 12.9. The molecule has 21 heavy (non-hydrogen) atoms. The van der Waals surface area contributed by atoms with Crippen molar-refractivity contribution in [1.29, 1.82) is 0 Å². The fourth-order valence-corrected chi connectivity index (χ4v) is 4.45. The fraction of sp³-hybridized carbons (Fsp3) is 0.938. The average molecular weight is 296 g/mol. The number of carbonyl (C=O) groups is 1. The highest BCUT2D eigenvalue weighted by Gasteiger charge is 2.56. The lowest BCUT2D eigenvalue weighted by Gasteiger charge is -2.57. The number of hydrogen-bond donors (Lipinski definition) is 3. The van der Waals surface area contributed by atoms with Crippen molar-refractivity contribution < 1.29 is 14.6 Å². The Morgan fingerprint density at radius 3 is 2.71 bits per heavy atom. The van der Waals surface area contributed by atoms with E-state index in [4.69, 9.17) is 4.74 Å². The second-order valence-electron chi connectivity index (χ2n) is 6.89. The quantitative estimate of drug-likeness (QED) is 0.722. The molecule has 3 fully saturated rings. The molecule has 1 heterocycles. The average Bonchev–Trinajstić information content (AvgIpc) is 2.93. The molecule has 0 bridgehead atoms. The smallest absolute Gasteiger partial charge is 0.237 e. The zero-order valence-electron chi connectivity index (χ0n) is 12.9. The maximum Gasteiger partial charge on any atom is 0.237 e. The first-order chi connectivity index (χ1) is 10.2. The lowest BCUT2D eigenvalue weighted by Crippen LogP contribution is -2.66. The molecule has 0 aromatic carbocycles. The Hall–Kier alpha value is -0.650. The predicted molar refractivity (Wildman–Crippen MR) is 79.9 cm³/mol. The highest BCUT2D eigenvalue weighted by atomic mass is 16.5. The van der Waals surface area contributed by atoms with Crippen LogP contribution in [0.4, 0.5) is 0 Å². The molecule has 3 N–H and O–H groups in total. The van der Waals surface area contributed by atoms with Crippen molar-refractivity contribution in [3.05, 3.63) is 0 Å². The van der Waals surface area contributed by atoms with Crippen LogP contribution in [0.5, 0.6) is 0 Å². The molecule has 1 aliphatic heterocycles. The maximum absolute atomic E-state index is 12.4. The van der Waals surface area contributed by atoms with E-state index in [9.17, 15) is 9.90 Å². The van der Waals surface area contributed by atoms with E-state index in [1.807, 2.05) is 6.92 Å². The largest absolute Gasteiger partial charge is 0.392 e. The molecule has 3 rings (SSSR count). The van der Waals surface area contributed by atoms with Crippen molar-refractivity contribution in [2.75, 3.05) is 13.2 Å². The van der Waals surface area contributed by atoms with Gasteiger partial charge in [0.15, 0.2) is 0 Å². The normalized spacial score (nSPS) is 38.2. The SMILES string of the molecule is CCOC1CC(NC(=O)C2CC(O)CN2)C12CCCCC2. The first-order valence-electron chi connectivity index (χ1n) is 8.49. The number of aliphatic hydroxyl groups is 1. The molecule has 1 amide bonds. The maximum atomic E-state index is 12.4. The van der Waals surface area contributed by atoms with Crippen LogP contribution in [0.25, 0.3) is 0 Å². The summed E-state index contributed by atoms with van der Waals surface area (Å²) in [6.45, 7) is 3.32. The van der Waals surface area contributed by atoms with Crippen LogP contribution in [0, 0.1) is 5.41 Å². The Balaban J connectivity index is 1.61. The lowest BCUT2D eigenvalue weighted by molar-refractivity contribution is -0.157. The number of aliphatic hydroxyl groups excluding tert-OH is 1. The van der Waals surface area contributed by atoms with Crippen LogP contribution in [-0.2, 0) is 9.53 Å². The molecule has 2 saturated carbocycles. The summed E-state index contributed by atoms with van der Waals surface area (Å²) in [5.41, 5.74) is 0.168. The number of hydrogen-bond acceptors (Lipinski definition) is 4. The van der Waals surface area contributed by atoms with Gasteiger partial charge < -0.3 is 20.5 Å². The van der Waals surface area contributed by atoms with Gasteiger partial charge in [-0.1, -0.05) is 19.3 Å². The fourth-order valence-electron chi connectivity index (χ4n) is 4.45. The standard InChI is InChI=1S/C16H28N2O3/c1-2-21-14-9-13(16(14)6-4-3-5-7-16)18-15(20)12-8-11(19)10-17-12/h11-14,17,19H,2-10H2,1H3,(H,18,20). The van der Waals surface area contributed by atoms with Crippen molar-refractivity contribution in [3.63, 3.8) is 0 Å². The molecule has 4 atom stereocenters. The third kappa shape index (κ3) is 2.83. The predicted octanol–water partition coefficient (Wildman–Crippen LogP) is 0.953. The Kier molecular flexibility index (Phi) is 4.52. The highest BCUT2D eigenvalue weighted by Crippen LogP contribution is 2.53. The van der Waals surface area contributed by atoms with Crippen LogP contribution in [0.3, 0.4) is 0 Å². The molecule has 5 heteroatoms. The van der Waals surface area contributed by atoms with Crippen LogP contribution in [0.15, 0.2) is 0 Å². The second-order valence-corrected chi connectivity index (χ2v) is 6.89. The summed E-state index contributed by atoms with van der Waals surface area (Å²) in [5.74, 6) is 0.0523. The van der Waals surface area contributed by atoms with Crippen molar-refractivity contribution >= 4 is 5.91 Å². The van der Waals surface area contributed by atoms with E-state index in [1.54, 1.807) is 0 Å². The lowest BCUT2D eigenvalue weighted by atomic mass is 9.55. The third-order valence-corrected chi connectivity index (χ3v) is 5.68. The molecule has 0 aromatic heterocycles. The van der Waals surface area contributed by atoms with Gasteiger partial charge in [0.05, 0.1) is 18.2 Å². The molecule has 3 aliphatic rings. The first kappa shape index (κ1) is 15.3. The van der Waals surface area contributed by atoms with E-state index >= 15 is 0 Å². The summed E-state index contributed by atoms with van der Waals surface area (Å²) in [6.07, 6.45) is 7.53. The van der Waals surface area contributed by atoms with Crippen LogP contribution in [0.2, 0.25) is 0 Å². The van der Waals surface area contributed by atoms with Gasteiger partial charge in [-0.3, -0.25) is 4.79 Å². The van der Waals surface area contributed by atoms with Gasteiger partial charge in [0.25, 0.3) is 0 Å². The molecular formula is C16H28N2O3. The number of carbonyl (C=O) groups excluding carboxylic acids is 1. The Bertz CT molecular complexity index is 382. The highest BCUT2D eigenvalue weighted by molar-refractivity contribution is 5.82. The van der Waals surface area contributed by atoms with E-state index in [0.717, 1.165) is 13.0 Å². The van der Waals surface area contributed by atoms with Crippen LogP contribution >= 0.6 is 0 Å². The van der Waals surface area contributed by atoms with Crippen molar-refractivity contribution in [1.82, 2.24) is 10.6 Å². The summed E-state index contributed by atoms with van der Waals surface area (Å²) in [7, 11) is 0. The minimum absolute atomic E-state index is 0.0523. The number of nitrogens with one attached hydrogen (secondary N) is 2. The van der Waals surface area contributed by atoms with Gasteiger partial charge in [0.2, 0.25) is 5.91 Å². The van der Waals surface area contributed by atoms with Crippen molar-refractivity contribution in [2.24, 2.45) is 5.41 Å². The second kappa shape index (κ2) is 6.23. The van der Waals surface area contributed by atoms with Crippen molar-refractivity contribution in [3.8, 4) is 0 Å². The van der Waals surface area contributed by atoms with Gasteiger partial charge in [0, 0.05) is 24.6 Å². The van der Waals surface area contributed by atoms with Gasteiger partial charge in [-0.2, -0.15) is 0 Å². The summed E-state index contributed by atoms with van der Waals surface area (Å²) >= 11 is 0. The van der Waals surface area contributed by atoms with Gasteiger partial charge in [0.1, 0.15) is 0 Å². The summed E-state index contributed by atoms with van der Waals surface area (Å²) in [5, 5.41) is 15.9. The van der Waals surface area contributed by atoms with Crippen LogP contribution < -0.4 is 10.6 Å². The van der Waals surface area contributed by atoms with Crippen LogP contribution in [0.1, 0.15) is 51.9 Å². The summed E-state index contributed by atoms with van der Waals surface area (Å²) < 4.78 is 5.92. The van der Waals surface area contributed by atoms with E-state index in [-0.39, 0.29) is 29.5 Å². The van der Waals surface area contributed by atoms with Gasteiger partial charge in [-0.15, -0.1) is 0 Å². The van der Waals surface area contributed by atoms with E-state index in [2.05, 4.69) is 10.6 Å². The molecule has 5 nitrogen and oxygen atoms in total. The topological polar surface area (TPSA) is 70.6 Å². The Labute approximate surface area is 126 Å². The van der Waals surface area contributed by atoms with Gasteiger partial charge >= 0.3 is 0 Å². The van der Waals surface area contributed by atoms with Crippen LogP contribution in [-0.4, -0.2) is 48.5 Å². The minimum Gasteiger partial charge on any atom is -0.392 e. The monoisotopic (exact) mass is 296 g/mol. The van der Waals surface area contributed by atoms with Gasteiger partial charge in [-0.05, 0) is 32.6 Å². The molecule has 2 aliphatic carbocycles. The number of amides is 1. The van der Waals surface area contributed by atoms with Crippen molar-refractivity contribution in [2.45, 2.75) is 76.2 Å². The molecule has 1 saturated heterocycles.